The molecule has 0 aliphatic heterocycles. The van der Waals surface area contributed by atoms with Crippen molar-refractivity contribution in [1.29, 1.82) is 0 Å². The van der Waals surface area contributed by atoms with E-state index in [1.807, 2.05) is 51.1 Å². The number of nitrogens with one attached hydrogen (secondary N) is 1. The standard InChI is InChI=1S/C21H26N4O3S2/c1-5-28-19-9-7-6-8-17(19)22-20-23-24-21(30-20)29-13-18(26)16-12-14(2)25(15(16)3)10-11-27-4/h6-9,12H,5,10-11,13H2,1-4H3,(H,22,23). The lowest BCUT2D eigenvalue weighted by Gasteiger charge is -2.09. The number of nitrogens with zero attached hydrogens (tertiary/aromatic N) is 3. The van der Waals surface area contributed by atoms with E-state index in [-0.39, 0.29) is 5.78 Å². The Hall–Kier alpha value is -2.36. The molecule has 1 N–H and O–H groups in total. The number of benzene rings is 1. The fraction of sp³-hybridized carbons (Fsp3) is 0.381. The summed E-state index contributed by atoms with van der Waals surface area (Å²) in [4.78, 5) is 12.8. The number of methoxy groups -OCH3 is 1. The quantitative estimate of drug-likeness (QED) is 0.337. The minimum atomic E-state index is 0.0863. The van der Waals surface area contributed by atoms with E-state index in [0.29, 0.717) is 24.1 Å². The molecule has 160 valence electrons. The number of ketones is 1. The molecule has 0 saturated heterocycles. The van der Waals surface area contributed by atoms with Crippen LogP contribution in [0.1, 0.15) is 28.7 Å². The third-order valence-electron chi connectivity index (χ3n) is 4.55. The number of Topliss-reactive ketones (excluding diaryl/α,β-unsaturated/α-hetero) is 1. The van der Waals surface area contributed by atoms with E-state index in [1.165, 1.54) is 23.1 Å². The molecule has 1 aromatic carbocycles. The third-order valence-corrected chi connectivity index (χ3v) is 6.53. The molecule has 0 bridgehead atoms. The molecule has 3 aromatic rings. The van der Waals surface area contributed by atoms with Gasteiger partial charge in [0.15, 0.2) is 10.1 Å². The molecule has 0 atom stereocenters. The number of thioether (sulfide) groups is 1. The summed E-state index contributed by atoms with van der Waals surface area (Å²) >= 11 is 2.82. The van der Waals surface area contributed by atoms with Gasteiger partial charge in [0.05, 0.1) is 24.7 Å². The summed E-state index contributed by atoms with van der Waals surface area (Å²) in [6.45, 7) is 7.88. The minimum absolute atomic E-state index is 0.0863. The molecule has 0 unspecified atom stereocenters. The Morgan fingerprint density at radius 3 is 2.83 bits per heavy atom. The van der Waals surface area contributed by atoms with E-state index in [9.17, 15) is 4.79 Å². The second-order valence-corrected chi connectivity index (χ2v) is 8.77. The SMILES string of the molecule is CCOc1ccccc1Nc1nnc(SCC(=O)c2cc(C)n(CCOC)c2C)s1. The first-order chi connectivity index (χ1) is 14.5. The summed E-state index contributed by atoms with van der Waals surface area (Å²) in [5, 5.41) is 12.3. The first-order valence-electron chi connectivity index (χ1n) is 9.67. The maximum atomic E-state index is 12.8. The second kappa shape index (κ2) is 10.6. The molecule has 2 aromatic heterocycles. The Bertz CT molecular complexity index is 1000. The molecule has 0 saturated carbocycles. The zero-order valence-corrected chi connectivity index (χ0v) is 19.2. The van der Waals surface area contributed by atoms with E-state index in [4.69, 9.17) is 9.47 Å². The van der Waals surface area contributed by atoms with Gasteiger partial charge >= 0.3 is 0 Å². The molecule has 0 aliphatic rings. The molecule has 0 aliphatic carbocycles. The lowest BCUT2D eigenvalue weighted by atomic mass is 10.2. The van der Waals surface area contributed by atoms with Crippen molar-refractivity contribution in [3.05, 3.63) is 47.3 Å². The van der Waals surface area contributed by atoms with E-state index in [1.54, 1.807) is 7.11 Å². The van der Waals surface area contributed by atoms with Crippen LogP contribution in [0, 0.1) is 13.8 Å². The van der Waals surface area contributed by atoms with Crippen LogP contribution in [-0.4, -0.2) is 46.6 Å². The fourth-order valence-corrected chi connectivity index (χ4v) is 4.75. The second-order valence-electron chi connectivity index (χ2n) is 6.57. The molecular weight excluding hydrogens is 420 g/mol. The highest BCUT2D eigenvalue weighted by Gasteiger charge is 2.17. The molecule has 30 heavy (non-hydrogen) atoms. The summed E-state index contributed by atoms with van der Waals surface area (Å²) in [7, 11) is 1.68. The zero-order valence-electron chi connectivity index (χ0n) is 17.6. The number of carbonyl (C=O) groups is 1. The summed E-state index contributed by atoms with van der Waals surface area (Å²) in [5.74, 6) is 1.17. The van der Waals surface area contributed by atoms with Crippen LogP contribution >= 0.6 is 23.1 Å². The highest BCUT2D eigenvalue weighted by molar-refractivity contribution is 8.01. The minimum Gasteiger partial charge on any atom is -0.492 e. The van der Waals surface area contributed by atoms with Crippen molar-refractivity contribution in [3.8, 4) is 5.75 Å². The molecule has 0 amide bonds. The Morgan fingerprint density at radius 1 is 1.27 bits per heavy atom. The van der Waals surface area contributed by atoms with Crippen molar-refractivity contribution in [1.82, 2.24) is 14.8 Å². The van der Waals surface area contributed by atoms with Gasteiger partial charge in [0.25, 0.3) is 0 Å². The Kier molecular flexibility index (Phi) is 7.89. The topological polar surface area (TPSA) is 78.3 Å². The van der Waals surface area contributed by atoms with Crippen molar-refractivity contribution in [2.75, 3.05) is 31.4 Å². The number of anilines is 2. The van der Waals surface area contributed by atoms with Crippen LogP contribution < -0.4 is 10.1 Å². The van der Waals surface area contributed by atoms with Crippen molar-refractivity contribution in [2.45, 2.75) is 31.7 Å². The van der Waals surface area contributed by atoms with Gasteiger partial charge in [0.2, 0.25) is 5.13 Å². The number of hydrogen-bond acceptors (Lipinski definition) is 8. The van der Waals surface area contributed by atoms with Crippen molar-refractivity contribution in [3.63, 3.8) is 0 Å². The van der Waals surface area contributed by atoms with Crippen molar-refractivity contribution >= 4 is 39.7 Å². The first kappa shape index (κ1) is 22.3. The van der Waals surface area contributed by atoms with Gasteiger partial charge in [-0.15, -0.1) is 10.2 Å². The number of para-hydroxylation sites is 2. The van der Waals surface area contributed by atoms with Crippen LogP contribution in [0.4, 0.5) is 10.8 Å². The van der Waals surface area contributed by atoms with Gasteiger partial charge in [-0.3, -0.25) is 4.79 Å². The number of aryl methyl sites for hydroxylation is 1. The normalized spacial score (nSPS) is 10.9. The lowest BCUT2D eigenvalue weighted by molar-refractivity contribution is 0.102. The molecule has 2 heterocycles. The molecular formula is C21H26N4O3S2. The van der Waals surface area contributed by atoms with Gasteiger partial charge in [-0.1, -0.05) is 35.2 Å². The highest BCUT2D eigenvalue weighted by atomic mass is 32.2. The van der Waals surface area contributed by atoms with Crippen LogP contribution in [-0.2, 0) is 11.3 Å². The van der Waals surface area contributed by atoms with Crippen LogP contribution in [0.5, 0.6) is 5.75 Å². The van der Waals surface area contributed by atoms with E-state index >= 15 is 0 Å². The highest BCUT2D eigenvalue weighted by Crippen LogP contribution is 2.32. The Morgan fingerprint density at radius 2 is 2.07 bits per heavy atom. The maximum absolute atomic E-state index is 12.8. The fourth-order valence-electron chi connectivity index (χ4n) is 3.10. The molecule has 9 heteroatoms. The number of rotatable bonds is 11. The average Bonchev–Trinajstić information content (AvgIpc) is 3.30. The third kappa shape index (κ3) is 5.41. The van der Waals surface area contributed by atoms with Gasteiger partial charge in [-0.05, 0) is 39.0 Å². The molecule has 0 spiro atoms. The van der Waals surface area contributed by atoms with E-state index < -0.39 is 0 Å². The molecule has 0 fully saturated rings. The van der Waals surface area contributed by atoms with Crippen LogP contribution in [0.25, 0.3) is 0 Å². The van der Waals surface area contributed by atoms with E-state index in [0.717, 1.165) is 39.3 Å². The Balaban J connectivity index is 1.61. The number of hydrogen-bond donors (Lipinski definition) is 1. The lowest BCUT2D eigenvalue weighted by Crippen LogP contribution is -2.09. The summed E-state index contributed by atoms with van der Waals surface area (Å²) in [6, 6.07) is 9.65. The number of carbonyl (C=O) groups excluding carboxylic acids is 1. The van der Waals surface area contributed by atoms with Crippen LogP contribution in [0.3, 0.4) is 0 Å². The van der Waals surface area contributed by atoms with Gasteiger partial charge in [0.1, 0.15) is 5.75 Å². The number of ether oxygens (including phenoxy) is 2. The van der Waals surface area contributed by atoms with Gasteiger partial charge in [0, 0.05) is 30.6 Å². The van der Waals surface area contributed by atoms with Gasteiger partial charge < -0.3 is 19.4 Å². The molecule has 7 nitrogen and oxygen atoms in total. The van der Waals surface area contributed by atoms with Gasteiger partial charge in [-0.25, -0.2) is 0 Å². The van der Waals surface area contributed by atoms with E-state index in [2.05, 4.69) is 20.1 Å². The smallest absolute Gasteiger partial charge is 0.210 e. The summed E-state index contributed by atoms with van der Waals surface area (Å²) < 4.78 is 13.6. The predicted molar refractivity (Wildman–Crippen MR) is 122 cm³/mol. The summed E-state index contributed by atoms with van der Waals surface area (Å²) in [5.41, 5.74) is 3.63. The van der Waals surface area contributed by atoms with Crippen LogP contribution in [0.2, 0.25) is 0 Å². The summed E-state index contributed by atoms with van der Waals surface area (Å²) in [6.07, 6.45) is 0. The first-order valence-corrected chi connectivity index (χ1v) is 11.5. The Labute approximate surface area is 184 Å². The predicted octanol–water partition coefficient (Wildman–Crippen LogP) is 4.72. The number of aromatic nitrogens is 3. The van der Waals surface area contributed by atoms with Crippen molar-refractivity contribution < 1.29 is 14.3 Å². The largest absolute Gasteiger partial charge is 0.492 e. The van der Waals surface area contributed by atoms with Gasteiger partial charge in [-0.2, -0.15) is 0 Å². The zero-order chi connectivity index (χ0) is 21.5. The van der Waals surface area contributed by atoms with Crippen LogP contribution in [0.15, 0.2) is 34.7 Å². The molecule has 3 rings (SSSR count). The average molecular weight is 447 g/mol. The maximum Gasteiger partial charge on any atom is 0.210 e. The van der Waals surface area contributed by atoms with Crippen molar-refractivity contribution in [2.24, 2.45) is 0 Å². The molecule has 0 radical (unpaired) electrons. The monoisotopic (exact) mass is 446 g/mol.